The molecule has 0 atom stereocenters. The SMILES string of the molecule is COC(=O)c1c[n+]([O-])c(-c2ccccc2)cc1N=[N+]=[N-]. The normalized spacial score (nSPS) is 9.65. The van der Waals surface area contributed by atoms with E-state index in [1.807, 2.05) is 6.07 Å². The molecule has 7 nitrogen and oxygen atoms in total. The molecule has 7 heteroatoms. The standard InChI is InChI=1S/C13H10N4O3/c1-20-13(18)10-8-17(19)12(7-11(10)15-16-14)9-5-3-2-4-6-9/h2-8H,1H3. The molecule has 0 spiro atoms. The summed E-state index contributed by atoms with van der Waals surface area (Å²) in [7, 11) is 1.18. The Hall–Kier alpha value is -3.05. The number of methoxy groups -OCH3 is 1. The quantitative estimate of drug-likeness (QED) is 0.214. The molecule has 0 saturated heterocycles. The van der Waals surface area contributed by atoms with Crippen LogP contribution >= 0.6 is 0 Å². The van der Waals surface area contributed by atoms with Crippen molar-refractivity contribution in [2.45, 2.75) is 0 Å². The van der Waals surface area contributed by atoms with Gasteiger partial charge in [-0.3, -0.25) is 0 Å². The maximum absolute atomic E-state index is 12.0. The Labute approximate surface area is 114 Å². The molecule has 0 radical (unpaired) electrons. The lowest BCUT2D eigenvalue weighted by molar-refractivity contribution is -0.593. The van der Waals surface area contributed by atoms with Crippen LogP contribution in [0.1, 0.15) is 10.4 Å². The molecule has 0 N–H and O–H groups in total. The fourth-order valence-electron chi connectivity index (χ4n) is 1.74. The molecule has 100 valence electrons. The van der Waals surface area contributed by atoms with Gasteiger partial charge in [0.15, 0.2) is 6.20 Å². The molecular weight excluding hydrogens is 260 g/mol. The first kappa shape index (κ1) is 13.4. The van der Waals surface area contributed by atoms with Crippen LogP contribution in [0.25, 0.3) is 21.7 Å². The highest BCUT2D eigenvalue weighted by atomic mass is 16.5. The van der Waals surface area contributed by atoms with Crippen molar-refractivity contribution in [1.82, 2.24) is 0 Å². The van der Waals surface area contributed by atoms with E-state index in [2.05, 4.69) is 14.8 Å². The van der Waals surface area contributed by atoms with E-state index >= 15 is 0 Å². The van der Waals surface area contributed by atoms with Crippen molar-refractivity contribution in [2.24, 2.45) is 5.11 Å². The van der Waals surface area contributed by atoms with Gasteiger partial charge in [-0.05, 0) is 17.7 Å². The van der Waals surface area contributed by atoms with Crippen LogP contribution in [0.15, 0.2) is 47.7 Å². The van der Waals surface area contributed by atoms with E-state index in [0.717, 1.165) is 6.20 Å². The van der Waals surface area contributed by atoms with E-state index < -0.39 is 5.97 Å². The summed E-state index contributed by atoms with van der Waals surface area (Å²) in [6.45, 7) is 0. The van der Waals surface area contributed by atoms with Crippen LogP contribution in [0.2, 0.25) is 0 Å². The number of hydrogen-bond acceptors (Lipinski definition) is 4. The molecule has 0 unspecified atom stereocenters. The molecule has 0 aliphatic carbocycles. The predicted molar refractivity (Wildman–Crippen MR) is 71.0 cm³/mol. The number of ether oxygens (including phenoxy) is 1. The number of carbonyl (C=O) groups excluding carboxylic acids is 1. The molecule has 0 bridgehead atoms. The number of rotatable bonds is 3. The van der Waals surface area contributed by atoms with Gasteiger partial charge in [0.2, 0.25) is 5.69 Å². The number of nitrogens with zero attached hydrogens (tertiary/aromatic N) is 4. The summed E-state index contributed by atoms with van der Waals surface area (Å²) < 4.78 is 5.09. The first-order valence-electron chi connectivity index (χ1n) is 5.63. The van der Waals surface area contributed by atoms with Gasteiger partial charge in [-0.2, -0.15) is 4.73 Å². The summed E-state index contributed by atoms with van der Waals surface area (Å²) >= 11 is 0. The Morgan fingerprint density at radius 2 is 2.10 bits per heavy atom. The third-order valence-corrected chi connectivity index (χ3v) is 2.66. The summed E-state index contributed by atoms with van der Waals surface area (Å²) in [6, 6.07) is 10.2. The summed E-state index contributed by atoms with van der Waals surface area (Å²) in [5.41, 5.74) is 9.44. The number of azide groups is 1. The van der Waals surface area contributed by atoms with Crippen molar-refractivity contribution >= 4 is 11.7 Å². The maximum atomic E-state index is 12.0. The Bertz CT molecular complexity index is 694. The maximum Gasteiger partial charge on any atom is 0.344 e. The molecule has 1 heterocycles. The average molecular weight is 270 g/mol. The van der Waals surface area contributed by atoms with Crippen LogP contribution in [0.4, 0.5) is 5.69 Å². The Kier molecular flexibility index (Phi) is 3.83. The largest absolute Gasteiger partial charge is 0.618 e. The Morgan fingerprint density at radius 3 is 2.70 bits per heavy atom. The molecule has 20 heavy (non-hydrogen) atoms. The highest BCUT2D eigenvalue weighted by molar-refractivity contribution is 5.94. The van der Waals surface area contributed by atoms with Crippen LogP contribution in [0.5, 0.6) is 0 Å². The summed E-state index contributed by atoms with van der Waals surface area (Å²) in [5, 5.41) is 15.4. The predicted octanol–water partition coefficient (Wildman–Crippen LogP) is 2.72. The number of benzene rings is 1. The topological polar surface area (TPSA) is 102 Å². The molecule has 0 fully saturated rings. The molecule has 1 aromatic heterocycles. The van der Waals surface area contributed by atoms with Crippen LogP contribution in [-0.4, -0.2) is 13.1 Å². The Morgan fingerprint density at radius 1 is 1.40 bits per heavy atom. The second-order valence-electron chi connectivity index (χ2n) is 3.83. The smallest absolute Gasteiger partial charge is 0.344 e. The number of hydrogen-bond donors (Lipinski definition) is 0. The van der Waals surface area contributed by atoms with Gasteiger partial charge in [0.1, 0.15) is 5.56 Å². The van der Waals surface area contributed by atoms with E-state index in [9.17, 15) is 10.0 Å². The lowest BCUT2D eigenvalue weighted by Crippen LogP contribution is -2.30. The fourth-order valence-corrected chi connectivity index (χ4v) is 1.74. The van der Waals surface area contributed by atoms with E-state index in [-0.39, 0.29) is 16.9 Å². The average Bonchev–Trinajstić information content (AvgIpc) is 2.49. The third-order valence-electron chi connectivity index (χ3n) is 2.66. The molecule has 0 aliphatic heterocycles. The summed E-state index contributed by atoms with van der Waals surface area (Å²) in [6.07, 6.45) is 1.04. The molecule has 0 saturated carbocycles. The number of aromatic nitrogens is 1. The van der Waals surface area contributed by atoms with Crippen LogP contribution in [0, 0.1) is 5.21 Å². The number of carbonyl (C=O) groups is 1. The monoisotopic (exact) mass is 270 g/mol. The van der Waals surface area contributed by atoms with Crippen molar-refractivity contribution in [3.8, 4) is 11.3 Å². The van der Waals surface area contributed by atoms with Gasteiger partial charge in [0.25, 0.3) is 0 Å². The summed E-state index contributed by atoms with van der Waals surface area (Å²) in [5.74, 6) is -0.739. The highest BCUT2D eigenvalue weighted by Crippen LogP contribution is 2.25. The summed E-state index contributed by atoms with van der Waals surface area (Å²) in [4.78, 5) is 14.2. The van der Waals surface area contributed by atoms with Gasteiger partial charge in [0, 0.05) is 16.5 Å². The zero-order valence-corrected chi connectivity index (χ0v) is 10.6. The second-order valence-corrected chi connectivity index (χ2v) is 3.83. The minimum atomic E-state index is -0.739. The van der Waals surface area contributed by atoms with Crippen molar-refractivity contribution in [2.75, 3.05) is 7.11 Å². The zero-order valence-electron chi connectivity index (χ0n) is 10.6. The molecule has 0 amide bonds. The minimum Gasteiger partial charge on any atom is -0.618 e. The number of esters is 1. The van der Waals surface area contributed by atoms with Crippen LogP contribution < -0.4 is 4.73 Å². The van der Waals surface area contributed by atoms with Crippen LogP contribution in [0.3, 0.4) is 0 Å². The van der Waals surface area contributed by atoms with Gasteiger partial charge < -0.3 is 9.94 Å². The van der Waals surface area contributed by atoms with Gasteiger partial charge in [-0.25, -0.2) is 4.79 Å². The van der Waals surface area contributed by atoms with Gasteiger partial charge in [-0.1, -0.05) is 23.3 Å². The van der Waals surface area contributed by atoms with Crippen molar-refractivity contribution in [3.05, 3.63) is 63.8 Å². The second kappa shape index (κ2) is 5.73. The van der Waals surface area contributed by atoms with Gasteiger partial charge in [-0.15, -0.1) is 0 Å². The first-order chi connectivity index (χ1) is 9.67. The fraction of sp³-hybridized carbons (Fsp3) is 0.0769. The highest BCUT2D eigenvalue weighted by Gasteiger charge is 2.19. The molecule has 2 aromatic rings. The van der Waals surface area contributed by atoms with E-state index in [0.29, 0.717) is 10.3 Å². The van der Waals surface area contributed by atoms with Crippen molar-refractivity contribution in [3.63, 3.8) is 0 Å². The van der Waals surface area contributed by atoms with Crippen molar-refractivity contribution < 1.29 is 14.3 Å². The first-order valence-corrected chi connectivity index (χ1v) is 5.63. The van der Waals surface area contributed by atoms with E-state index in [1.165, 1.54) is 13.2 Å². The van der Waals surface area contributed by atoms with Gasteiger partial charge >= 0.3 is 5.97 Å². The lowest BCUT2D eigenvalue weighted by Gasteiger charge is -2.08. The van der Waals surface area contributed by atoms with Crippen molar-refractivity contribution in [1.29, 1.82) is 0 Å². The van der Waals surface area contributed by atoms with Gasteiger partial charge in [0.05, 0.1) is 12.8 Å². The third kappa shape index (κ3) is 2.52. The Balaban J connectivity index is 2.65. The molecular formula is C13H10N4O3. The molecule has 1 aromatic carbocycles. The molecule has 0 aliphatic rings. The van der Waals surface area contributed by atoms with E-state index in [1.54, 1.807) is 24.3 Å². The minimum absolute atomic E-state index is 0.0466. The lowest BCUT2D eigenvalue weighted by atomic mass is 10.1. The number of pyridine rings is 1. The van der Waals surface area contributed by atoms with E-state index in [4.69, 9.17) is 5.53 Å². The molecule has 2 rings (SSSR count). The zero-order chi connectivity index (χ0) is 14.5. The van der Waals surface area contributed by atoms with Crippen LogP contribution in [-0.2, 0) is 4.74 Å².